The minimum Gasteiger partial charge on any atom is -0.494 e. The van der Waals surface area contributed by atoms with Crippen molar-refractivity contribution in [2.75, 3.05) is 37.7 Å². The molecule has 1 heterocycles. The Morgan fingerprint density at radius 2 is 1.81 bits per heavy atom. The molecule has 1 aliphatic rings. The van der Waals surface area contributed by atoms with Gasteiger partial charge < -0.3 is 10.5 Å². The summed E-state index contributed by atoms with van der Waals surface area (Å²) in [7, 11) is -4.40. The number of sulfonamides is 1. The molecule has 0 saturated carbocycles. The second kappa shape index (κ2) is 7.35. The van der Waals surface area contributed by atoms with Crippen LogP contribution >= 0.6 is 0 Å². The molecule has 0 unspecified atom stereocenters. The molecule has 0 radical (unpaired) electrons. The fourth-order valence-corrected chi connectivity index (χ4v) is 4.72. The molecule has 1 aromatic rings. The van der Waals surface area contributed by atoms with Gasteiger partial charge in [-0.1, -0.05) is 0 Å². The fraction of sp³-hybridized carbons (Fsp3) is 0.538. The Morgan fingerprint density at radius 1 is 1.19 bits per heavy atom. The summed E-state index contributed by atoms with van der Waals surface area (Å²) in [6, 6.07) is 6.37. The van der Waals surface area contributed by atoms with E-state index in [0.717, 1.165) is 6.42 Å². The largest absolute Gasteiger partial charge is 0.494 e. The maximum Gasteiger partial charge on any atom is 0.243 e. The summed E-state index contributed by atoms with van der Waals surface area (Å²) >= 11 is 0. The van der Waals surface area contributed by atoms with Crippen molar-refractivity contribution in [2.24, 2.45) is 5.73 Å². The first-order valence-electron chi connectivity index (χ1n) is 6.82. The summed E-state index contributed by atoms with van der Waals surface area (Å²) in [5.41, 5.74) is 5.38. The zero-order valence-electron chi connectivity index (χ0n) is 11.7. The lowest BCUT2D eigenvalue weighted by atomic mass is 10.3. The summed E-state index contributed by atoms with van der Waals surface area (Å²) in [5.74, 6) is 1.43. The van der Waals surface area contributed by atoms with E-state index < -0.39 is 20.8 Å². The molecule has 1 saturated heterocycles. The summed E-state index contributed by atoms with van der Waals surface area (Å²) in [4.78, 5) is 0.237. The quantitative estimate of drug-likeness (QED) is 0.750. The molecule has 0 aromatic heterocycles. The lowest BCUT2D eigenvalue weighted by Gasteiger charge is -2.25. The second-order valence-electron chi connectivity index (χ2n) is 4.71. The number of hydrogen-bond acceptors (Lipinski definition) is 5. The first-order valence-corrected chi connectivity index (χ1v) is 9.75. The van der Waals surface area contributed by atoms with Gasteiger partial charge in [-0.25, -0.2) is 8.42 Å². The number of nitrogens with zero attached hydrogens (tertiary/aromatic N) is 1. The highest BCUT2D eigenvalue weighted by Crippen LogP contribution is 2.20. The number of ether oxygens (including phenoxy) is 1. The Balaban J connectivity index is 2.04. The molecular weight excluding hydrogens is 312 g/mol. The Kier molecular flexibility index (Phi) is 5.74. The number of hydrogen-bond donors (Lipinski definition) is 1. The van der Waals surface area contributed by atoms with E-state index >= 15 is 0 Å². The standard InChI is InChI=1S/C13H20N2O4S2/c14-6-1-9-19-12-2-4-13(5-3-12)21(17,18)15-7-10-20(16)11-8-15/h2-5H,1,6-11,14H2. The lowest BCUT2D eigenvalue weighted by Crippen LogP contribution is -2.41. The highest BCUT2D eigenvalue weighted by atomic mass is 32.2. The van der Waals surface area contributed by atoms with Crippen LogP contribution in [0, 0.1) is 0 Å². The van der Waals surface area contributed by atoms with E-state index in [2.05, 4.69) is 0 Å². The molecule has 2 rings (SSSR count). The van der Waals surface area contributed by atoms with E-state index in [9.17, 15) is 12.6 Å². The predicted molar refractivity (Wildman–Crippen MR) is 82.2 cm³/mol. The molecular formula is C13H20N2O4S2. The van der Waals surface area contributed by atoms with Gasteiger partial charge in [-0.15, -0.1) is 0 Å². The molecule has 6 nitrogen and oxygen atoms in total. The molecule has 1 aliphatic heterocycles. The molecule has 8 heteroatoms. The van der Waals surface area contributed by atoms with Gasteiger partial charge in [0.15, 0.2) is 0 Å². The average Bonchev–Trinajstić information content (AvgIpc) is 2.48. The highest BCUT2D eigenvalue weighted by molar-refractivity contribution is 7.89. The van der Waals surface area contributed by atoms with Gasteiger partial charge in [0.1, 0.15) is 5.75 Å². The van der Waals surface area contributed by atoms with Crippen LogP contribution in [0.4, 0.5) is 0 Å². The van der Waals surface area contributed by atoms with E-state index in [-0.39, 0.29) is 4.90 Å². The van der Waals surface area contributed by atoms with E-state index in [0.29, 0.717) is 43.5 Å². The summed E-state index contributed by atoms with van der Waals surface area (Å²) in [6.45, 7) is 1.69. The van der Waals surface area contributed by atoms with Crippen LogP contribution in [0.15, 0.2) is 29.2 Å². The molecule has 118 valence electrons. The van der Waals surface area contributed by atoms with Gasteiger partial charge in [-0.3, -0.25) is 4.21 Å². The monoisotopic (exact) mass is 332 g/mol. The molecule has 1 aromatic carbocycles. The minimum absolute atomic E-state index is 0.237. The van der Waals surface area contributed by atoms with Gasteiger partial charge in [0, 0.05) is 35.4 Å². The van der Waals surface area contributed by atoms with Crippen molar-refractivity contribution in [1.82, 2.24) is 4.31 Å². The Morgan fingerprint density at radius 3 is 2.38 bits per heavy atom. The maximum absolute atomic E-state index is 12.4. The van der Waals surface area contributed by atoms with Crippen LogP contribution in [0.2, 0.25) is 0 Å². The predicted octanol–water partition coefficient (Wildman–Crippen LogP) is 0.167. The van der Waals surface area contributed by atoms with Crippen molar-refractivity contribution in [3.8, 4) is 5.75 Å². The van der Waals surface area contributed by atoms with Gasteiger partial charge in [-0.05, 0) is 37.2 Å². The number of benzene rings is 1. The Hall–Kier alpha value is -0.960. The fourth-order valence-electron chi connectivity index (χ4n) is 1.99. The molecule has 0 amide bonds. The van der Waals surface area contributed by atoms with Gasteiger partial charge in [0.2, 0.25) is 10.0 Å². The zero-order chi connectivity index (χ0) is 15.3. The van der Waals surface area contributed by atoms with E-state index in [1.165, 1.54) is 4.31 Å². The molecule has 0 spiro atoms. The molecule has 1 fully saturated rings. The third-order valence-corrected chi connectivity index (χ3v) is 6.40. The molecule has 21 heavy (non-hydrogen) atoms. The van der Waals surface area contributed by atoms with Crippen molar-refractivity contribution in [3.05, 3.63) is 24.3 Å². The van der Waals surface area contributed by atoms with Gasteiger partial charge in [-0.2, -0.15) is 4.31 Å². The van der Waals surface area contributed by atoms with E-state index in [1.807, 2.05) is 0 Å². The van der Waals surface area contributed by atoms with E-state index in [4.69, 9.17) is 10.5 Å². The highest BCUT2D eigenvalue weighted by Gasteiger charge is 2.27. The second-order valence-corrected chi connectivity index (χ2v) is 8.35. The first-order chi connectivity index (χ1) is 10.0. The first kappa shape index (κ1) is 16.4. The SMILES string of the molecule is NCCCOc1ccc(S(=O)(=O)N2CCS(=O)CC2)cc1. The van der Waals surface area contributed by atoms with Crippen LogP contribution < -0.4 is 10.5 Å². The van der Waals surface area contributed by atoms with E-state index in [1.54, 1.807) is 24.3 Å². The van der Waals surface area contributed by atoms with Crippen LogP contribution in [0.5, 0.6) is 5.75 Å². The van der Waals surface area contributed by atoms with Crippen LogP contribution in [0.3, 0.4) is 0 Å². The van der Waals surface area contributed by atoms with Gasteiger partial charge in [0.05, 0.1) is 11.5 Å². The average molecular weight is 332 g/mol. The minimum atomic E-state index is -3.50. The Bertz CT molecular complexity index is 577. The summed E-state index contributed by atoms with van der Waals surface area (Å²) in [5, 5.41) is 0. The van der Waals surface area contributed by atoms with Crippen molar-refractivity contribution in [3.63, 3.8) is 0 Å². The number of nitrogens with two attached hydrogens (primary N) is 1. The van der Waals surface area contributed by atoms with Crippen molar-refractivity contribution in [1.29, 1.82) is 0 Å². The topological polar surface area (TPSA) is 89.7 Å². The van der Waals surface area contributed by atoms with Crippen LogP contribution in [-0.2, 0) is 20.8 Å². The van der Waals surface area contributed by atoms with Crippen LogP contribution in [0.1, 0.15) is 6.42 Å². The third-order valence-electron chi connectivity index (χ3n) is 3.22. The lowest BCUT2D eigenvalue weighted by molar-refractivity contribution is 0.313. The zero-order valence-corrected chi connectivity index (χ0v) is 13.4. The third kappa shape index (κ3) is 4.26. The normalized spacial score (nSPS) is 17.8. The molecule has 0 atom stereocenters. The molecule has 2 N–H and O–H groups in total. The number of rotatable bonds is 6. The summed E-state index contributed by atoms with van der Waals surface area (Å²) < 4.78 is 43.0. The van der Waals surface area contributed by atoms with Crippen molar-refractivity contribution in [2.45, 2.75) is 11.3 Å². The van der Waals surface area contributed by atoms with Gasteiger partial charge >= 0.3 is 0 Å². The smallest absolute Gasteiger partial charge is 0.243 e. The summed E-state index contributed by atoms with van der Waals surface area (Å²) in [6.07, 6.45) is 0.755. The van der Waals surface area contributed by atoms with Crippen molar-refractivity contribution < 1.29 is 17.4 Å². The van der Waals surface area contributed by atoms with Crippen molar-refractivity contribution >= 4 is 20.8 Å². The maximum atomic E-state index is 12.4. The Labute approximate surface area is 127 Å². The van der Waals surface area contributed by atoms with Crippen LogP contribution in [0.25, 0.3) is 0 Å². The van der Waals surface area contributed by atoms with Gasteiger partial charge in [0.25, 0.3) is 0 Å². The van der Waals surface area contributed by atoms with Crippen LogP contribution in [-0.4, -0.2) is 54.7 Å². The molecule has 0 aliphatic carbocycles. The molecule has 0 bridgehead atoms.